The van der Waals surface area contributed by atoms with Gasteiger partial charge >= 0.3 is 5.97 Å². The number of carbonyl (C=O) groups excluding carboxylic acids is 1. The number of aromatic carboxylic acids is 1. The number of hydrogen-bond donors (Lipinski definition) is 2. The number of rotatable bonds is 5. The van der Waals surface area contributed by atoms with E-state index in [-0.39, 0.29) is 18.1 Å². The molecule has 0 unspecified atom stereocenters. The van der Waals surface area contributed by atoms with Gasteiger partial charge in [0.15, 0.2) is 6.61 Å². The quantitative estimate of drug-likeness (QED) is 0.890. The normalized spacial score (nSPS) is 9.95. The van der Waals surface area contributed by atoms with Crippen molar-refractivity contribution in [2.45, 2.75) is 0 Å². The molecule has 0 aliphatic rings. The van der Waals surface area contributed by atoms with Gasteiger partial charge in [0.05, 0.1) is 5.56 Å². The molecule has 0 aliphatic heterocycles. The molecule has 0 atom stereocenters. The molecule has 5 nitrogen and oxygen atoms in total. The minimum absolute atomic E-state index is 0.158. The topological polar surface area (TPSA) is 75.6 Å². The number of nitrogens with one attached hydrogen (secondary N) is 1. The number of ether oxygens (including phenoxy) is 1. The van der Waals surface area contributed by atoms with Crippen molar-refractivity contribution < 1.29 is 19.4 Å². The van der Waals surface area contributed by atoms with E-state index >= 15 is 0 Å². The van der Waals surface area contributed by atoms with E-state index in [2.05, 4.69) is 5.32 Å². The first-order valence-corrected chi connectivity index (χ1v) is 6.44. The molecule has 0 aliphatic carbocycles. The lowest BCUT2D eigenvalue weighted by molar-refractivity contribution is -0.118. The lowest BCUT2D eigenvalue weighted by Gasteiger charge is -2.08. The highest BCUT2D eigenvalue weighted by atomic mass is 35.5. The van der Waals surface area contributed by atoms with Crippen LogP contribution in [0.15, 0.2) is 48.5 Å². The fourth-order valence-corrected chi connectivity index (χ4v) is 1.80. The Labute approximate surface area is 126 Å². The van der Waals surface area contributed by atoms with E-state index in [1.807, 2.05) is 0 Å². The minimum atomic E-state index is -1.01. The number of benzene rings is 2. The molecule has 21 heavy (non-hydrogen) atoms. The highest BCUT2D eigenvalue weighted by molar-refractivity contribution is 6.30. The van der Waals surface area contributed by atoms with Crippen LogP contribution in [0, 0.1) is 0 Å². The highest BCUT2D eigenvalue weighted by Gasteiger charge is 2.06. The fourth-order valence-electron chi connectivity index (χ4n) is 1.61. The number of amides is 1. The summed E-state index contributed by atoms with van der Waals surface area (Å²) < 4.78 is 5.27. The Balaban J connectivity index is 1.87. The maximum absolute atomic E-state index is 11.7. The van der Waals surface area contributed by atoms with Gasteiger partial charge in [-0.1, -0.05) is 17.7 Å². The van der Waals surface area contributed by atoms with Gasteiger partial charge in [-0.05, 0) is 42.5 Å². The third-order valence-electron chi connectivity index (χ3n) is 2.58. The smallest absolute Gasteiger partial charge is 0.335 e. The van der Waals surface area contributed by atoms with Crippen LogP contribution < -0.4 is 10.1 Å². The highest BCUT2D eigenvalue weighted by Crippen LogP contribution is 2.15. The predicted molar refractivity (Wildman–Crippen MR) is 79.0 cm³/mol. The molecule has 0 fully saturated rings. The van der Waals surface area contributed by atoms with Gasteiger partial charge in [0.25, 0.3) is 5.91 Å². The average molecular weight is 306 g/mol. The van der Waals surface area contributed by atoms with Crippen molar-refractivity contribution in [1.82, 2.24) is 0 Å². The van der Waals surface area contributed by atoms with Gasteiger partial charge in [0.1, 0.15) is 5.75 Å². The summed E-state index contributed by atoms with van der Waals surface area (Å²) in [6.07, 6.45) is 0. The monoisotopic (exact) mass is 305 g/mol. The average Bonchev–Trinajstić information content (AvgIpc) is 2.45. The number of halogens is 1. The van der Waals surface area contributed by atoms with Crippen LogP contribution in [-0.2, 0) is 4.79 Å². The molecule has 0 saturated heterocycles. The van der Waals surface area contributed by atoms with Crippen LogP contribution >= 0.6 is 11.6 Å². The molecule has 0 aromatic heterocycles. The van der Waals surface area contributed by atoms with E-state index in [0.717, 1.165) is 0 Å². The van der Waals surface area contributed by atoms with Crippen LogP contribution in [0.25, 0.3) is 0 Å². The molecule has 1 amide bonds. The Morgan fingerprint density at radius 2 is 1.86 bits per heavy atom. The molecule has 2 N–H and O–H groups in total. The summed E-state index contributed by atoms with van der Waals surface area (Å²) in [5, 5.41) is 11.9. The van der Waals surface area contributed by atoms with Crippen molar-refractivity contribution in [3.05, 3.63) is 59.1 Å². The fraction of sp³-hybridized carbons (Fsp3) is 0.0667. The Bertz CT molecular complexity index is 655. The second kappa shape index (κ2) is 6.76. The third kappa shape index (κ3) is 4.50. The van der Waals surface area contributed by atoms with Gasteiger partial charge in [-0.2, -0.15) is 0 Å². The molecule has 0 saturated carbocycles. The zero-order valence-corrected chi connectivity index (χ0v) is 11.6. The molecule has 6 heteroatoms. The summed E-state index contributed by atoms with van der Waals surface area (Å²) in [7, 11) is 0. The summed E-state index contributed by atoms with van der Waals surface area (Å²) in [5.74, 6) is -0.930. The van der Waals surface area contributed by atoms with Crippen LogP contribution in [-0.4, -0.2) is 23.6 Å². The van der Waals surface area contributed by atoms with E-state index in [1.54, 1.807) is 24.3 Å². The van der Waals surface area contributed by atoms with Crippen molar-refractivity contribution in [1.29, 1.82) is 0 Å². The first kappa shape index (κ1) is 14.9. The SMILES string of the molecule is O=C(COc1ccc(C(=O)O)cc1)Nc1cccc(Cl)c1. The lowest BCUT2D eigenvalue weighted by Crippen LogP contribution is -2.20. The summed E-state index contributed by atoms with van der Waals surface area (Å²) in [6.45, 7) is -0.182. The lowest BCUT2D eigenvalue weighted by atomic mass is 10.2. The summed E-state index contributed by atoms with van der Waals surface area (Å²) in [4.78, 5) is 22.4. The zero-order valence-electron chi connectivity index (χ0n) is 10.9. The maximum atomic E-state index is 11.7. The van der Waals surface area contributed by atoms with Crippen molar-refractivity contribution in [3.8, 4) is 5.75 Å². The molecule has 0 heterocycles. The standard InChI is InChI=1S/C15H12ClNO4/c16-11-2-1-3-12(8-11)17-14(18)9-21-13-6-4-10(5-7-13)15(19)20/h1-8H,9H2,(H,17,18)(H,19,20). The second-order valence-electron chi connectivity index (χ2n) is 4.18. The zero-order chi connectivity index (χ0) is 15.2. The largest absolute Gasteiger partial charge is 0.484 e. The van der Waals surface area contributed by atoms with Gasteiger partial charge in [-0.3, -0.25) is 4.79 Å². The molecule has 108 valence electrons. The Morgan fingerprint density at radius 1 is 1.14 bits per heavy atom. The first-order valence-electron chi connectivity index (χ1n) is 6.06. The summed E-state index contributed by atoms with van der Waals surface area (Å²) in [5.41, 5.74) is 0.739. The molecule has 2 rings (SSSR count). The molecule has 2 aromatic carbocycles. The predicted octanol–water partition coefficient (Wildman–Crippen LogP) is 3.06. The van der Waals surface area contributed by atoms with Crippen LogP contribution in [0.2, 0.25) is 5.02 Å². The second-order valence-corrected chi connectivity index (χ2v) is 4.61. The van der Waals surface area contributed by atoms with Gasteiger partial charge in [0.2, 0.25) is 0 Å². The van der Waals surface area contributed by atoms with Gasteiger partial charge in [-0.25, -0.2) is 4.79 Å². The minimum Gasteiger partial charge on any atom is -0.484 e. The molecular weight excluding hydrogens is 294 g/mol. The Hall–Kier alpha value is -2.53. The van der Waals surface area contributed by atoms with Crippen LogP contribution in [0.4, 0.5) is 5.69 Å². The number of carbonyl (C=O) groups is 2. The van der Waals surface area contributed by atoms with E-state index in [4.69, 9.17) is 21.4 Å². The van der Waals surface area contributed by atoms with Gasteiger partial charge in [-0.15, -0.1) is 0 Å². The third-order valence-corrected chi connectivity index (χ3v) is 2.81. The molecule has 0 radical (unpaired) electrons. The van der Waals surface area contributed by atoms with Crippen molar-refractivity contribution in [2.75, 3.05) is 11.9 Å². The summed E-state index contributed by atoms with van der Waals surface area (Å²) >= 11 is 5.81. The number of carboxylic acid groups (broad SMARTS) is 1. The molecular formula is C15H12ClNO4. The van der Waals surface area contributed by atoms with Crippen molar-refractivity contribution in [2.24, 2.45) is 0 Å². The molecule has 2 aromatic rings. The molecule has 0 spiro atoms. The van der Waals surface area contributed by atoms with Crippen molar-refractivity contribution in [3.63, 3.8) is 0 Å². The van der Waals surface area contributed by atoms with Crippen LogP contribution in [0.1, 0.15) is 10.4 Å². The maximum Gasteiger partial charge on any atom is 0.335 e. The summed E-state index contributed by atoms with van der Waals surface area (Å²) in [6, 6.07) is 12.6. The van der Waals surface area contributed by atoms with Crippen molar-refractivity contribution >= 4 is 29.2 Å². The van der Waals surface area contributed by atoms with E-state index in [9.17, 15) is 9.59 Å². The van der Waals surface area contributed by atoms with E-state index in [1.165, 1.54) is 24.3 Å². The number of hydrogen-bond acceptors (Lipinski definition) is 3. The Morgan fingerprint density at radius 3 is 2.48 bits per heavy atom. The van der Waals surface area contributed by atoms with Gasteiger partial charge in [0, 0.05) is 10.7 Å². The first-order chi connectivity index (χ1) is 10.0. The Kier molecular flexibility index (Phi) is 4.79. The number of carboxylic acids is 1. The van der Waals surface area contributed by atoms with Crippen LogP contribution in [0.5, 0.6) is 5.75 Å². The molecule has 0 bridgehead atoms. The van der Waals surface area contributed by atoms with Crippen LogP contribution in [0.3, 0.4) is 0 Å². The van der Waals surface area contributed by atoms with E-state index < -0.39 is 5.97 Å². The number of anilines is 1. The van der Waals surface area contributed by atoms with Gasteiger partial charge < -0.3 is 15.2 Å². The van der Waals surface area contributed by atoms with E-state index in [0.29, 0.717) is 16.5 Å².